The molecule has 1 fully saturated rings. The maximum atomic E-state index is 12.4. The molecule has 1 saturated heterocycles. The van der Waals surface area contributed by atoms with E-state index in [0.717, 1.165) is 6.42 Å². The predicted molar refractivity (Wildman–Crippen MR) is 94.3 cm³/mol. The summed E-state index contributed by atoms with van der Waals surface area (Å²) in [5.74, 6) is -1.10. The first-order valence-corrected chi connectivity index (χ1v) is 8.20. The normalized spacial score (nSPS) is 13.5. The van der Waals surface area contributed by atoms with Gasteiger partial charge in [0.25, 0.3) is 17.4 Å². The van der Waals surface area contributed by atoms with Crippen molar-refractivity contribution in [2.45, 2.75) is 19.4 Å². The molecular formula is C18H18N4O4. The van der Waals surface area contributed by atoms with E-state index in [4.69, 9.17) is 0 Å². The van der Waals surface area contributed by atoms with Crippen LogP contribution in [-0.2, 0) is 16.1 Å². The van der Waals surface area contributed by atoms with Crippen molar-refractivity contribution in [1.82, 2.24) is 15.4 Å². The van der Waals surface area contributed by atoms with Crippen molar-refractivity contribution in [2.75, 3.05) is 11.4 Å². The molecule has 1 aromatic carbocycles. The van der Waals surface area contributed by atoms with Gasteiger partial charge in [-0.15, -0.1) is 0 Å². The number of amides is 3. The van der Waals surface area contributed by atoms with Gasteiger partial charge >= 0.3 is 0 Å². The van der Waals surface area contributed by atoms with Crippen molar-refractivity contribution in [3.8, 4) is 0 Å². The second kappa shape index (κ2) is 7.64. The highest BCUT2D eigenvalue weighted by Crippen LogP contribution is 2.25. The topological polar surface area (TPSA) is 101 Å². The number of aromatic nitrogens is 1. The van der Waals surface area contributed by atoms with Crippen LogP contribution < -0.4 is 21.3 Å². The molecule has 0 atom stereocenters. The van der Waals surface area contributed by atoms with Crippen molar-refractivity contribution in [3.05, 3.63) is 64.6 Å². The van der Waals surface area contributed by atoms with E-state index in [0.29, 0.717) is 24.2 Å². The molecule has 134 valence electrons. The maximum Gasteiger partial charge on any atom is 0.271 e. The van der Waals surface area contributed by atoms with Crippen LogP contribution in [0.4, 0.5) is 5.69 Å². The number of benzene rings is 1. The number of carbonyl (C=O) groups is 3. The van der Waals surface area contributed by atoms with Gasteiger partial charge in [-0.25, -0.2) is 0 Å². The molecule has 1 aromatic heterocycles. The van der Waals surface area contributed by atoms with Gasteiger partial charge < -0.3 is 9.47 Å². The van der Waals surface area contributed by atoms with E-state index in [-0.39, 0.29) is 18.0 Å². The van der Waals surface area contributed by atoms with E-state index in [9.17, 15) is 19.2 Å². The highest BCUT2D eigenvalue weighted by molar-refractivity contribution is 6.05. The van der Waals surface area contributed by atoms with E-state index in [1.165, 1.54) is 16.8 Å². The second-order valence-electron chi connectivity index (χ2n) is 5.84. The van der Waals surface area contributed by atoms with Crippen LogP contribution in [0.2, 0.25) is 0 Å². The van der Waals surface area contributed by atoms with Gasteiger partial charge in [0.1, 0.15) is 6.54 Å². The fourth-order valence-corrected chi connectivity index (χ4v) is 2.78. The predicted octanol–water partition coefficient (Wildman–Crippen LogP) is 0.436. The lowest BCUT2D eigenvalue weighted by molar-refractivity contribution is -0.122. The van der Waals surface area contributed by atoms with Crippen LogP contribution >= 0.6 is 0 Å². The molecule has 2 heterocycles. The highest BCUT2D eigenvalue weighted by Gasteiger charge is 2.25. The van der Waals surface area contributed by atoms with Crippen LogP contribution in [0.15, 0.2) is 53.5 Å². The van der Waals surface area contributed by atoms with Crippen LogP contribution in [0.25, 0.3) is 0 Å². The maximum absolute atomic E-state index is 12.4. The fourth-order valence-electron chi connectivity index (χ4n) is 2.78. The summed E-state index contributed by atoms with van der Waals surface area (Å²) in [5.41, 5.74) is 5.10. The number of anilines is 1. The first-order valence-electron chi connectivity index (χ1n) is 8.20. The standard InChI is InChI=1S/C18H18N4O4/c23-15(12-21-10-4-3-8-16(21)24)19-20-18(26)13-6-1-2-7-14(13)22-11-5-9-17(22)25/h1-4,6-8,10H,5,9,11-12H2,(H,19,23)(H,20,26). The van der Waals surface area contributed by atoms with E-state index in [1.807, 2.05) is 0 Å². The van der Waals surface area contributed by atoms with Gasteiger partial charge in [-0.1, -0.05) is 18.2 Å². The van der Waals surface area contributed by atoms with Gasteiger partial charge in [0.05, 0.1) is 11.3 Å². The van der Waals surface area contributed by atoms with Crippen LogP contribution in [0.1, 0.15) is 23.2 Å². The highest BCUT2D eigenvalue weighted by atomic mass is 16.2. The van der Waals surface area contributed by atoms with Gasteiger partial charge in [-0.05, 0) is 24.6 Å². The average molecular weight is 354 g/mol. The minimum Gasteiger partial charge on any atom is -0.312 e. The number of nitrogens with one attached hydrogen (secondary N) is 2. The first kappa shape index (κ1) is 17.4. The van der Waals surface area contributed by atoms with Gasteiger partial charge in [0, 0.05) is 25.2 Å². The lowest BCUT2D eigenvalue weighted by Crippen LogP contribution is -2.44. The number of hydrazine groups is 1. The fraction of sp³-hybridized carbons (Fsp3) is 0.222. The third-order valence-electron chi connectivity index (χ3n) is 4.04. The monoisotopic (exact) mass is 354 g/mol. The Labute approximate surface area is 149 Å². The molecule has 0 saturated carbocycles. The number of carbonyl (C=O) groups excluding carboxylic acids is 3. The number of hydrogen-bond acceptors (Lipinski definition) is 4. The summed E-state index contributed by atoms with van der Waals surface area (Å²) in [6.45, 7) is 0.346. The minimum absolute atomic E-state index is 0.0299. The summed E-state index contributed by atoms with van der Waals surface area (Å²) < 4.78 is 1.22. The van der Waals surface area contributed by atoms with Gasteiger partial charge in [-0.3, -0.25) is 30.0 Å². The SMILES string of the molecule is O=C(Cn1ccccc1=O)NNC(=O)c1ccccc1N1CCCC1=O. The third kappa shape index (κ3) is 3.80. The number of pyridine rings is 1. The van der Waals surface area contributed by atoms with Crippen LogP contribution in [0.3, 0.4) is 0 Å². The summed E-state index contributed by atoms with van der Waals surface area (Å²) >= 11 is 0. The molecule has 0 bridgehead atoms. The smallest absolute Gasteiger partial charge is 0.271 e. The Bertz CT molecular complexity index is 906. The largest absolute Gasteiger partial charge is 0.312 e. The summed E-state index contributed by atoms with van der Waals surface area (Å²) in [7, 11) is 0. The van der Waals surface area contributed by atoms with E-state index < -0.39 is 11.8 Å². The molecule has 1 aliphatic rings. The molecule has 0 unspecified atom stereocenters. The Kier molecular flexibility index (Phi) is 5.12. The van der Waals surface area contributed by atoms with E-state index >= 15 is 0 Å². The quantitative estimate of drug-likeness (QED) is 0.778. The molecule has 2 aromatic rings. The summed E-state index contributed by atoms with van der Waals surface area (Å²) in [6.07, 6.45) is 2.69. The molecule has 0 aliphatic carbocycles. The Morgan fingerprint density at radius 1 is 1.00 bits per heavy atom. The molecule has 1 aliphatic heterocycles. The zero-order chi connectivity index (χ0) is 18.5. The van der Waals surface area contributed by atoms with Crippen molar-refractivity contribution < 1.29 is 14.4 Å². The first-order chi connectivity index (χ1) is 12.6. The summed E-state index contributed by atoms with van der Waals surface area (Å²) in [6, 6.07) is 11.3. The number of nitrogens with zero attached hydrogens (tertiary/aromatic N) is 2. The summed E-state index contributed by atoms with van der Waals surface area (Å²) in [4.78, 5) is 49.5. The van der Waals surface area contributed by atoms with Crippen LogP contribution in [0.5, 0.6) is 0 Å². The van der Waals surface area contributed by atoms with Crippen molar-refractivity contribution >= 4 is 23.4 Å². The third-order valence-corrected chi connectivity index (χ3v) is 4.04. The van der Waals surface area contributed by atoms with Gasteiger partial charge in [-0.2, -0.15) is 0 Å². The van der Waals surface area contributed by atoms with E-state index in [2.05, 4.69) is 10.9 Å². The number of para-hydroxylation sites is 1. The molecular weight excluding hydrogens is 336 g/mol. The minimum atomic E-state index is -0.540. The van der Waals surface area contributed by atoms with Crippen molar-refractivity contribution in [3.63, 3.8) is 0 Å². The average Bonchev–Trinajstić information content (AvgIpc) is 3.07. The Morgan fingerprint density at radius 2 is 1.77 bits per heavy atom. The van der Waals surface area contributed by atoms with Crippen LogP contribution in [0, 0.1) is 0 Å². The van der Waals surface area contributed by atoms with E-state index in [1.54, 1.807) is 41.3 Å². The molecule has 3 rings (SSSR count). The molecule has 2 N–H and O–H groups in total. The molecule has 3 amide bonds. The summed E-state index contributed by atoms with van der Waals surface area (Å²) in [5, 5.41) is 0. The van der Waals surface area contributed by atoms with Crippen molar-refractivity contribution in [2.24, 2.45) is 0 Å². The molecule has 26 heavy (non-hydrogen) atoms. The molecule has 0 spiro atoms. The number of rotatable bonds is 4. The Balaban J connectivity index is 1.65. The molecule has 8 heteroatoms. The Hall–Kier alpha value is -3.42. The lowest BCUT2D eigenvalue weighted by atomic mass is 10.1. The zero-order valence-electron chi connectivity index (χ0n) is 14.0. The van der Waals surface area contributed by atoms with Crippen molar-refractivity contribution in [1.29, 1.82) is 0 Å². The second-order valence-corrected chi connectivity index (χ2v) is 5.84. The van der Waals surface area contributed by atoms with Gasteiger partial charge in [0.15, 0.2) is 0 Å². The molecule has 8 nitrogen and oxygen atoms in total. The number of hydrogen-bond donors (Lipinski definition) is 2. The van der Waals surface area contributed by atoms with Gasteiger partial charge in [0.2, 0.25) is 5.91 Å². The van der Waals surface area contributed by atoms with Crippen LogP contribution in [-0.4, -0.2) is 28.8 Å². The molecule has 0 radical (unpaired) electrons. The zero-order valence-corrected chi connectivity index (χ0v) is 14.0. The lowest BCUT2D eigenvalue weighted by Gasteiger charge is -2.19. The Morgan fingerprint density at radius 3 is 2.50 bits per heavy atom.